The zero-order valence-corrected chi connectivity index (χ0v) is 9.64. The number of carbonyl (C=O) groups is 1. The molecule has 3 aliphatic rings. The van der Waals surface area contributed by atoms with E-state index in [0.29, 0.717) is 12.3 Å². The van der Waals surface area contributed by atoms with Crippen LogP contribution in [0.4, 0.5) is 0 Å². The number of fused-ring (bicyclic) bond motifs is 1. The Morgan fingerprint density at radius 1 is 1.25 bits per heavy atom. The summed E-state index contributed by atoms with van der Waals surface area (Å²) in [6, 6.07) is -0.638. The Bertz CT molecular complexity index is 304. The largest absolute Gasteiger partial charge is 0.480 e. The third-order valence-electron chi connectivity index (χ3n) is 5.39. The van der Waals surface area contributed by atoms with Gasteiger partial charge in [0, 0.05) is 0 Å². The van der Waals surface area contributed by atoms with E-state index in [-0.39, 0.29) is 0 Å². The van der Waals surface area contributed by atoms with Crippen LogP contribution in [0.2, 0.25) is 0 Å². The molecule has 0 saturated heterocycles. The number of carboxylic acid groups (broad SMARTS) is 1. The van der Waals surface area contributed by atoms with Crippen molar-refractivity contribution in [2.24, 2.45) is 35.3 Å². The first-order chi connectivity index (χ1) is 7.65. The quantitative estimate of drug-likeness (QED) is 0.767. The maximum atomic E-state index is 10.8. The molecule has 3 N–H and O–H groups in total. The standard InChI is InChI=1S/C13H21NO2/c14-12(13(15)16)6-9-2-1-8-3-7-4-10(8)11(9)5-7/h7-12H,1-6,14H2,(H,15,16)/t7?,8?,9?,10?,11?,12-/m1/s1. The van der Waals surface area contributed by atoms with Crippen molar-refractivity contribution in [1.82, 2.24) is 0 Å². The van der Waals surface area contributed by atoms with Gasteiger partial charge in [0.15, 0.2) is 0 Å². The lowest BCUT2D eigenvalue weighted by Gasteiger charge is -2.41. The fourth-order valence-electron chi connectivity index (χ4n) is 4.79. The summed E-state index contributed by atoms with van der Waals surface area (Å²) in [5.41, 5.74) is 5.68. The molecule has 3 saturated carbocycles. The molecule has 16 heavy (non-hydrogen) atoms. The summed E-state index contributed by atoms with van der Waals surface area (Å²) in [6.07, 6.45) is 7.50. The molecule has 0 aromatic heterocycles. The maximum absolute atomic E-state index is 10.8. The minimum Gasteiger partial charge on any atom is -0.480 e. The fraction of sp³-hybridized carbons (Fsp3) is 0.923. The van der Waals surface area contributed by atoms with Crippen LogP contribution >= 0.6 is 0 Å². The third-order valence-corrected chi connectivity index (χ3v) is 5.39. The highest BCUT2D eigenvalue weighted by Crippen LogP contribution is 2.59. The van der Waals surface area contributed by atoms with Gasteiger partial charge in [-0.15, -0.1) is 0 Å². The molecule has 0 amide bonds. The molecule has 2 bridgehead atoms. The fourth-order valence-corrected chi connectivity index (χ4v) is 4.79. The van der Waals surface area contributed by atoms with E-state index in [4.69, 9.17) is 10.8 Å². The second kappa shape index (κ2) is 3.73. The molecule has 3 aliphatic carbocycles. The monoisotopic (exact) mass is 223 g/mol. The lowest BCUT2D eigenvalue weighted by atomic mass is 9.64. The molecule has 3 rings (SSSR count). The number of aliphatic carboxylic acids is 1. The Morgan fingerprint density at radius 2 is 2.00 bits per heavy atom. The summed E-state index contributed by atoms with van der Waals surface area (Å²) >= 11 is 0. The van der Waals surface area contributed by atoms with Gasteiger partial charge < -0.3 is 10.8 Å². The minimum absolute atomic E-state index is 0.595. The van der Waals surface area contributed by atoms with Crippen LogP contribution in [0.1, 0.15) is 38.5 Å². The highest BCUT2D eigenvalue weighted by Gasteiger charge is 2.51. The summed E-state index contributed by atoms with van der Waals surface area (Å²) in [4.78, 5) is 10.8. The van der Waals surface area contributed by atoms with Gasteiger partial charge in [0.25, 0.3) is 0 Å². The van der Waals surface area contributed by atoms with Gasteiger partial charge in [-0.3, -0.25) is 4.79 Å². The van der Waals surface area contributed by atoms with Crippen LogP contribution in [0.3, 0.4) is 0 Å². The molecule has 0 spiro atoms. The maximum Gasteiger partial charge on any atom is 0.320 e. The SMILES string of the molecule is N[C@H](CC1CCC2CC3CC2C1C3)C(=O)O. The number of hydrogen-bond acceptors (Lipinski definition) is 2. The predicted octanol–water partition coefficient (Wildman–Crippen LogP) is 1.86. The minimum atomic E-state index is -0.828. The van der Waals surface area contributed by atoms with Crippen LogP contribution in [0.25, 0.3) is 0 Å². The summed E-state index contributed by atoms with van der Waals surface area (Å²) in [6.45, 7) is 0. The molecule has 0 aliphatic heterocycles. The molecule has 0 heterocycles. The summed E-state index contributed by atoms with van der Waals surface area (Å²) < 4.78 is 0. The van der Waals surface area contributed by atoms with Gasteiger partial charge in [0.1, 0.15) is 6.04 Å². The van der Waals surface area contributed by atoms with Crippen LogP contribution in [0, 0.1) is 29.6 Å². The van der Waals surface area contributed by atoms with E-state index in [1.807, 2.05) is 0 Å². The average Bonchev–Trinajstić information content (AvgIpc) is 2.81. The number of nitrogens with two attached hydrogens (primary N) is 1. The normalized spacial score (nSPS) is 46.9. The van der Waals surface area contributed by atoms with Crippen LogP contribution in [0.15, 0.2) is 0 Å². The Morgan fingerprint density at radius 3 is 2.69 bits per heavy atom. The molecule has 5 unspecified atom stereocenters. The number of rotatable bonds is 3. The van der Waals surface area contributed by atoms with E-state index in [0.717, 1.165) is 23.7 Å². The van der Waals surface area contributed by atoms with Crippen molar-refractivity contribution in [2.75, 3.05) is 0 Å². The average molecular weight is 223 g/mol. The van der Waals surface area contributed by atoms with Gasteiger partial charge >= 0.3 is 5.97 Å². The van der Waals surface area contributed by atoms with Crippen LogP contribution in [-0.2, 0) is 4.79 Å². The van der Waals surface area contributed by atoms with Gasteiger partial charge in [0.2, 0.25) is 0 Å². The predicted molar refractivity (Wildman–Crippen MR) is 60.8 cm³/mol. The van der Waals surface area contributed by atoms with E-state index < -0.39 is 12.0 Å². The first-order valence-corrected chi connectivity index (χ1v) is 6.63. The van der Waals surface area contributed by atoms with E-state index in [1.54, 1.807) is 0 Å². The van der Waals surface area contributed by atoms with Crippen molar-refractivity contribution in [3.63, 3.8) is 0 Å². The van der Waals surface area contributed by atoms with Crippen molar-refractivity contribution in [2.45, 2.75) is 44.6 Å². The van der Waals surface area contributed by atoms with Crippen molar-refractivity contribution < 1.29 is 9.90 Å². The van der Waals surface area contributed by atoms with E-state index in [1.165, 1.54) is 32.1 Å². The molecule has 0 radical (unpaired) electrons. The second-order valence-electron chi connectivity index (χ2n) is 6.18. The van der Waals surface area contributed by atoms with Gasteiger partial charge in [-0.05, 0) is 68.1 Å². The topological polar surface area (TPSA) is 63.3 Å². The first-order valence-electron chi connectivity index (χ1n) is 6.63. The first kappa shape index (κ1) is 10.6. The van der Waals surface area contributed by atoms with Crippen molar-refractivity contribution >= 4 is 5.97 Å². The summed E-state index contributed by atoms with van der Waals surface area (Å²) in [5.74, 6) is 3.43. The van der Waals surface area contributed by atoms with E-state index in [9.17, 15) is 4.79 Å². The van der Waals surface area contributed by atoms with Gasteiger partial charge in [0.05, 0.1) is 0 Å². The molecule has 3 fully saturated rings. The Hall–Kier alpha value is -0.570. The molecular weight excluding hydrogens is 202 g/mol. The van der Waals surface area contributed by atoms with E-state index in [2.05, 4.69) is 0 Å². The van der Waals surface area contributed by atoms with Crippen LogP contribution in [0.5, 0.6) is 0 Å². The molecule has 3 heteroatoms. The smallest absolute Gasteiger partial charge is 0.320 e. The highest BCUT2D eigenvalue weighted by molar-refractivity contribution is 5.73. The molecule has 6 atom stereocenters. The lowest BCUT2D eigenvalue weighted by molar-refractivity contribution is -0.139. The molecule has 0 aromatic carbocycles. The second-order valence-corrected chi connectivity index (χ2v) is 6.18. The van der Waals surface area contributed by atoms with E-state index >= 15 is 0 Å². The van der Waals surface area contributed by atoms with Crippen molar-refractivity contribution in [3.8, 4) is 0 Å². The van der Waals surface area contributed by atoms with Gasteiger partial charge in [-0.2, -0.15) is 0 Å². The molecule has 90 valence electrons. The van der Waals surface area contributed by atoms with Crippen molar-refractivity contribution in [3.05, 3.63) is 0 Å². The number of hydrogen-bond donors (Lipinski definition) is 2. The summed E-state index contributed by atoms with van der Waals surface area (Å²) in [7, 11) is 0. The van der Waals surface area contributed by atoms with Gasteiger partial charge in [-0.25, -0.2) is 0 Å². The zero-order valence-electron chi connectivity index (χ0n) is 9.64. The molecule has 3 nitrogen and oxygen atoms in total. The van der Waals surface area contributed by atoms with Crippen molar-refractivity contribution in [1.29, 1.82) is 0 Å². The van der Waals surface area contributed by atoms with Gasteiger partial charge in [-0.1, -0.05) is 0 Å². The Kier molecular flexibility index (Phi) is 2.46. The van der Waals surface area contributed by atoms with Crippen LogP contribution < -0.4 is 5.73 Å². The van der Waals surface area contributed by atoms with Crippen LogP contribution in [-0.4, -0.2) is 17.1 Å². The molecular formula is C13H21NO2. The summed E-state index contributed by atoms with van der Waals surface area (Å²) in [5, 5.41) is 8.89. The third kappa shape index (κ3) is 1.56. The zero-order chi connectivity index (χ0) is 11.3. The number of carboxylic acids is 1. The highest BCUT2D eigenvalue weighted by atomic mass is 16.4. The Labute approximate surface area is 96.4 Å². The Balaban J connectivity index is 1.67. The lowest BCUT2D eigenvalue weighted by Crippen LogP contribution is -2.39. The molecule has 0 aromatic rings.